The lowest BCUT2D eigenvalue weighted by atomic mass is 10.2. The number of phenolic OH excluding ortho intramolecular Hbond substituents is 1. The molecule has 25 heavy (non-hydrogen) atoms. The molecule has 1 aliphatic rings. The van der Waals surface area contributed by atoms with E-state index in [9.17, 15) is 14.7 Å². The fourth-order valence-electron chi connectivity index (χ4n) is 2.23. The van der Waals surface area contributed by atoms with E-state index in [2.05, 4.69) is 5.32 Å². The number of carbonyl (C=O) groups excluding carboxylic acids is 2. The lowest BCUT2D eigenvalue weighted by Gasteiger charge is -2.14. The lowest BCUT2D eigenvalue weighted by molar-refractivity contribution is -0.126. The monoisotopic (exact) mass is 370 g/mol. The number of carbonyl (C=O) groups is 2. The number of amides is 2. The molecule has 0 unspecified atom stereocenters. The largest absolute Gasteiger partial charge is 0.508 e. The number of nitrogens with zero attached hydrogens (tertiary/aromatic N) is 1. The Kier molecular flexibility index (Phi) is 5.16. The van der Waals surface area contributed by atoms with Crippen molar-refractivity contribution in [3.05, 3.63) is 65.1 Å². The number of phenols is 1. The van der Waals surface area contributed by atoms with Crippen molar-refractivity contribution in [2.45, 2.75) is 0 Å². The Balaban J connectivity index is 1.67. The summed E-state index contributed by atoms with van der Waals surface area (Å²) in [6.45, 7) is -0.155. The molecule has 126 valence electrons. The lowest BCUT2D eigenvalue weighted by Crippen LogP contribution is -2.36. The van der Waals surface area contributed by atoms with Crippen LogP contribution in [0.4, 0.5) is 5.69 Å². The van der Waals surface area contributed by atoms with Gasteiger partial charge in [0.2, 0.25) is 5.91 Å². The van der Waals surface area contributed by atoms with Gasteiger partial charge in [-0.15, -0.1) is 0 Å². The van der Waals surface area contributed by atoms with Crippen molar-refractivity contribution in [2.75, 3.05) is 11.9 Å². The van der Waals surface area contributed by atoms with Gasteiger partial charge in [-0.25, -0.2) is 0 Å². The van der Waals surface area contributed by atoms with Gasteiger partial charge in [0.15, 0.2) is 0 Å². The van der Waals surface area contributed by atoms with E-state index in [1.54, 1.807) is 18.2 Å². The van der Waals surface area contributed by atoms with E-state index in [0.29, 0.717) is 14.9 Å². The van der Waals surface area contributed by atoms with Gasteiger partial charge in [0.25, 0.3) is 5.91 Å². The molecule has 2 aromatic carbocycles. The maximum atomic E-state index is 12.5. The smallest absolute Gasteiger partial charge is 0.266 e. The summed E-state index contributed by atoms with van der Waals surface area (Å²) >= 11 is 6.41. The highest BCUT2D eigenvalue weighted by Gasteiger charge is 2.33. The van der Waals surface area contributed by atoms with Gasteiger partial charge in [0, 0.05) is 5.69 Å². The summed E-state index contributed by atoms with van der Waals surface area (Å²) < 4.78 is 0.355. The van der Waals surface area contributed by atoms with Crippen LogP contribution in [0.15, 0.2) is 59.5 Å². The van der Waals surface area contributed by atoms with Crippen molar-refractivity contribution >= 4 is 51.9 Å². The van der Waals surface area contributed by atoms with Crippen LogP contribution < -0.4 is 5.32 Å². The molecule has 3 rings (SSSR count). The number of aromatic hydroxyl groups is 1. The molecule has 0 saturated carbocycles. The van der Waals surface area contributed by atoms with Crippen LogP contribution in [0.1, 0.15) is 5.56 Å². The van der Waals surface area contributed by atoms with E-state index in [1.807, 2.05) is 30.3 Å². The van der Waals surface area contributed by atoms with Crippen LogP contribution in [0.5, 0.6) is 5.75 Å². The summed E-state index contributed by atoms with van der Waals surface area (Å²) in [5.74, 6) is -0.524. The number of benzene rings is 2. The Labute approximate surface area is 154 Å². The van der Waals surface area contributed by atoms with Gasteiger partial charge in [0.05, 0.1) is 4.91 Å². The molecule has 0 spiro atoms. The molecule has 7 heteroatoms. The molecule has 1 aliphatic heterocycles. The summed E-state index contributed by atoms with van der Waals surface area (Å²) in [5, 5.41) is 11.9. The Hall–Kier alpha value is -2.64. The second kappa shape index (κ2) is 7.50. The number of hydrogen-bond acceptors (Lipinski definition) is 5. The van der Waals surface area contributed by atoms with Crippen molar-refractivity contribution in [1.82, 2.24) is 4.90 Å². The molecule has 0 aromatic heterocycles. The minimum atomic E-state index is -0.358. The van der Waals surface area contributed by atoms with Crippen LogP contribution in [0.3, 0.4) is 0 Å². The zero-order valence-corrected chi connectivity index (χ0v) is 14.6. The van der Waals surface area contributed by atoms with Crippen molar-refractivity contribution in [3.63, 3.8) is 0 Å². The van der Waals surface area contributed by atoms with E-state index in [1.165, 1.54) is 28.8 Å². The number of rotatable bonds is 4. The molecule has 0 aliphatic carbocycles. The third-order valence-corrected chi connectivity index (χ3v) is 4.80. The molecule has 1 fully saturated rings. The van der Waals surface area contributed by atoms with Gasteiger partial charge < -0.3 is 10.4 Å². The first-order chi connectivity index (χ1) is 12.0. The van der Waals surface area contributed by atoms with Crippen molar-refractivity contribution < 1.29 is 14.7 Å². The molecule has 2 amide bonds. The van der Waals surface area contributed by atoms with E-state index >= 15 is 0 Å². The standard InChI is InChI=1S/C18H14N2O3S2/c21-14-8-6-13(7-9-14)19-16(22)11-20-17(23)15(25-18(20)24)10-12-4-2-1-3-5-12/h1-10,21H,11H2,(H,19,22)/b15-10-. The van der Waals surface area contributed by atoms with E-state index in [0.717, 1.165) is 5.56 Å². The molecule has 0 radical (unpaired) electrons. The number of hydrogen-bond donors (Lipinski definition) is 2. The average Bonchev–Trinajstić information content (AvgIpc) is 2.85. The van der Waals surface area contributed by atoms with Gasteiger partial charge in [-0.2, -0.15) is 0 Å². The Morgan fingerprint density at radius 1 is 1.16 bits per heavy atom. The highest BCUT2D eigenvalue weighted by Crippen LogP contribution is 2.32. The van der Waals surface area contributed by atoms with Crippen LogP contribution >= 0.6 is 24.0 Å². The van der Waals surface area contributed by atoms with E-state index in [-0.39, 0.29) is 24.1 Å². The fourth-order valence-corrected chi connectivity index (χ4v) is 3.48. The summed E-state index contributed by atoms with van der Waals surface area (Å²) in [7, 11) is 0. The Bertz CT molecular complexity index is 848. The van der Waals surface area contributed by atoms with Crippen LogP contribution in [-0.4, -0.2) is 32.7 Å². The third-order valence-electron chi connectivity index (χ3n) is 3.42. The SMILES string of the molecule is O=C(CN1C(=O)/C(=C/c2ccccc2)SC1=S)Nc1ccc(O)cc1. The Morgan fingerprint density at radius 2 is 1.84 bits per heavy atom. The molecular formula is C18H14N2O3S2. The van der Waals surface area contributed by atoms with Crippen molar-refractivity contribution in [1.29, 1.82) is 0 Å². The van der Waals surface area contributed by atoms with Gasteiger partial charge in [-0.1, -0.05) is 54.3 Å². The summed E-state index contributed by atoms with van der Waals surface area (Å²) in [5.41, 5.74) is 1.43. The Morgan fingerprint density at radius 3 is 2.52 bits per heavy atom. The van der Waals surface area contributed by atoms with Gasteiger partial charge in [0.1, 0.15) is 16.6 Å². The van der Waals surface area contributed by atoms with E-state index in [4.69, 9.17) is 12.2 Å². The van der Waals surface area contributed by atoms with Gasteiger partial charge in [-0.05, 0) is 35.9 Å². The minimum absolute atomic E-state index is 0.112. The molecule has 2 aromatic rings. The topological polar surface area (TPSA) is 69.6 Å². The normalized spacial score (nSPS) is 15.7. The molecule has 0 atom stereocenters. The van der Waals surface area contributed by atoms with Gasteiger partial charge >= 0.3 is 0 Å². The number of thioether (sulfide) groups is 1. The number of nitrogens with one attached hydrogen (secondary N) is 1. The molecular weight excluding hydrogens is 356 g/mol. The second-order valence-corrected chi connectivity index (χ2v) is 6.95. The van der Waals surface area contributed by atoms with E-state index < -0.39 is 0 Å². The number of anilines is 1. The van der Waals surface area contributed by atoms with Crippen molar-refractivity contribution in [2.24, 2.45) is 0 Å². The highest BCUT2D eigenvalue weighted by atomic mass is 32.2. The second-order valence-electron chi connectivity index (χ2n) is 5.27. The quantitative estimate of drug-likeness (QED) is 0.491. The van der Waals surface area contributed by atoms with Crippen molar-refractivity contribution in [3.8, 4) is 5.75 Å². The zero-order valence-electron chi connectivity index (χ0n) is 13.0. The maximum Gasteiger partial charge on any atom is 0.266 e. The van der Waals surface area contributed by atoms with Crippen LogP contribution in [-0.2, 0) is 9.59 Å². The fraction of sp³-hybridized carbons (Fsp3) is 0.0556. The first-order valence-electron chi connectivity index (χ1n) is 7.42. The maximum absolute atomic E-state index is 12.5. The average molecular weight is 370 g/mol. The molecule has 5 nitrogen and oxygen atoms in total. The van der Waals surface area contributed by atoms with Crippen LogP contribution in [0.25, 0.3) is 6.08 Å². The molecule has 1 heterocycles. The van der Waals surface area contributed by atoms with Gasteiger partial charge in [-0.3, -0.25) is 14.5 Å². The predicted octanol–water partition coefficient (Wildman–Crippen LogP) is 3.23. The molecule has 1 saturated heterocycles. The van der Waals surface area contributed by atoms with Crippen LogP contribution in [0.2, 0.25) is 0 Å². The first kappa shape index (κ1) is 17.2. The molecule has 0 bridgehead atoms. The summed E-state index contributed by atoms with van der Waals surface area (Å²) in [6.07, 6.45) is 1.76. The van der Waals surface area contributed by atoms with Crippen LogP contribution in [0, 0.1) is 0 Å². The zero-order chi connectivity index (χ0) is 17.8. The summed E-state index contributed by atoms with van der Waals surface area (Å²) in [6, 6.07) is 15.6. The summed E-state index contributed by atoms with van der Waals surface area (Å²) in [4.78, 5) is 26.4. The minimum Gasteiger partial charge on any atom is -0.508 e. The highest BCUT2D eigenvalue weighted by molar-refractivity contribution is 8.26. The third kappa shape index (κ3) is 4.26. The number of thiocarbonyl (C=S) groups is 1. The predicted molar refractivity (Wildman–Crippen MR) is 103 cm³/mol. The first-order valence-corrected chi connectivity index (χ1v) is 8.65. The molecule has 2 N–H and O–H groups in total.